The Morgan fingerprint density at radius 1 is 1.40 bits per heavy atom. The highest BCUT2D eigenvalue weighted by Gasteiger charge is 2.37. The second-order valence-electron chi connectivity index (χ2n) is 3.21. The van der Waals surface area contributed by atoms with Crippen LogP contribution >= 0.6 is 0 Å². The summed E-state index contributed by atoms with van der Waals surface area (Å²) < 4.78 is 36.8. The van der Waals surface area contributed by atoms with Gasteiger partial charge in [0.1, 0.15) is 6.04 Å². The molecule has 0 amide bonds. The average molecular weight is 214 g/mol. The molecule has 15 heavy (non-hydrogen) atoms. The van der Waals surface area contributed by atoms with Crippen LogP contribution in [0.3, 0.4) is 0 Å². The van der Waals surface area contributed by atoms with Gasteiger partial charge >= 0.3 is 6.18 Å². The third-order valence-electron chi connectivity index (χ3n) is 2.08. The Balaban J connectivity index is 3.09. The van der Waals surface area contributed by atoms with Crippen LogP contribution in [0.4, 0.5) is 13.2 Å². The minimum atomic E-state index is -4.46. The number of benzene rings is 1. The third-order valence-corrected chi connectivity index (χ3v) is 2.08. The highest BCUT2D eigenvalue weighted by Crippen LogP contribution is 2.31. The molecular formula is C10H9F3N2. The van der Waals surface area contributed by atoms with Crippen molar-refractivity contribution < 1.29 is 13.2 Å². The van der Waals surface area contributed by atoms with E-state index in [1.807, 2.05) is 6.07 Å². The van der Waals surface area contributed by atoms with Crippen LogP contribution in [0.15, 0.2) is 18.2 Å². The van der Waals surface area contributed by atoms with Gasteiger partial charge in [0.2, 0.25) is 0 Å². The van der Waals surface area contributed by atoms with Gasteiger partial charge in [-0.15, -0.1) is 0 Å². The van der Waals surface area contributed by atoms with Crippen molar-refractivity contribution in [2.75, 3.05) is 0 Å². The van der Waals surface area contributed by atoms with Gasteiger partial charge < -0.3 is 5.73 Å². The predicted octanol–water partition coefficient (Wildman–Crippen LogP) is 2.43. The number of aryl methyl sites for hydroxylation is 1. The molecule has 0 bridgehead atoms. The van der Waals surface area contributed by atoms with Crippen LogP contribution in [0.2, 0.25) is 0 Å². The molecule has 0 radical (unpaired) electrons. The van der Waals surface area contributed by atoms with Crippen molar-refractivity contribution in [2.45, 2.75) is 19.1 Å². The summed E-state index contributed by atoms with van der Waals surface area (Å²) in [5.74, 6) is 0. The zero-order valence-electron chi connectivity index (χ0n) is 7.97. The number of nitriles is 1. The highest BCUT2D eigenvalue weighted by atomic mass is 19.4. The van der Waals surface area contributed by atoms with Gasteiger partial charge in [0.25, 0.3) is 0 Å². The van der Waals surface area contributed by atoms with Crippen molar-refractivity contribution in [3.63, 3.8) is 0 Å². The van der Waals surface area contributed by atoms with E-state index in [1.54, 1.807) is 6.92 Å². The highest BCUT2D eigenvalue weighted by molar-refractivity contribution is 5.40. The molecule has 1 rings (SSSR count). The van der Waals surface area contributed by atoms with E-state index in [4.69, 9.17) is 11.0 Å². The maximum absolute atomic E-state index is 12.3. The van der Waals surface area contributed by atoms with Gasteiger partial charge in [0.15, 0.2) is 0 Å². The van der Waals surface area contributed by atoms with Crippen LogP contribution in [0, 0.1) is 18.3 Å². The maximum Gasteiger partial charge on any atom is 0.407 e. The lowest BCUT2D eigenvalue weighted by molar-refractivity contribution is -0.149. The van der Waals surface area contributed by atoms with Crippen molar-refractivity contribution in [1.29, 1.82) is 5.26 Å². The molecule has 0 spiro atoms. The van der Waals surface area contributed by atoms with Crippen LogP contribution < -0.4 is 5.73 Å². The van der Waals surface area contributed by atoms with Gasteiger partial charge in [-0.2, -0.15) is 18.4 Å². The fraction of sp³-hybridized carbons (Fsp3) is 0.300. The summed E-state index contributed by atoms with van der Waals surface area (Å²) in [7, 11) is 0. The van der Waals surface area contributed by atoms with E-state index in [0.29, 0.717) is 11.1 Å². The van der Waals surface area contributed by atoms with Crippen LogP contribution in [0.1, 0.15) is 22.7 Å². The molecule has 1 atom stereocenters. The SMILES string of the molecule is Cc1cc([C@@H](N)C(F)(F)F)ccc1C#N. The van der Waals surface area contributed by atoms with E-state index >= 15 is 0 Å². The fourth-order valence-electron chi connectivity index (χ4n) is 1.19. The number of halogens is 3. The second-order valence-corrected chi connectivity index (χ2v) is 3.21. The Bertz CT molecular complexity index is 404. The van der Waals surface area contributed by atoms with E-state index in [9.17, 15) is 13.2 Å². The lowest BCUT2D eigenvalue weighted by atomic mass is 10.0. The molecule has 0 saturated carbocycles. The minimum absolute atomic E-state index is 0.0287. The quantitative estimate of drug-likeness (QED) is 0.780. The molecule has 5 heteroatoms. The normalized spacial score (nSPS) is 13.3. The van der Waals surface area contributed by atoms with Crippen LogP contribution in [-0.4, -0.2) is 6.18 Å². The molecule has 80 valence electrons. The standard InChI is InChI=1S/C10H9F3N2/c1-6-4-7(2-3-8(6)5-14)9(15)10(11,12)13/h2-4,9H,15H2,1H3/t9-/m1/s1. The van der Waals surface area contributed by atoms with E-state index in [-0.39, 0.29) is 5.56 Å². The lowest BCUT2D eigenvalue weighted by Gasteiger charge is -2.16. The molecule has 2 N–H and O–H groups in total. The van der Waals surface area contributed by atoms with Crippen molar-refractivity contribution in [3.8, 4) is 6.07 Å². The first kappa shape index (κ1) is 11.5. The number of alkyl halides is 3. The maximum atomic E-state index is 12.3. The Morgan fingerprint density at radius 2 is 2.00 bits per heavy atom. The van der Waals surface area contributed by atoms with Gasteiger partial charge in [-0.1, -0.05) is 12.1 Å². The molecule has 0 heterocycles. The van der Waals surface area contributed by atoms with Crippen LogP contribution in [-0.2, 0) is 0 Å². The van der Waals surface area contributed by atoms with Gasteiger partial charge in [0.05, 0.1) is 11.6 Å². The summed E-state index contributed by atoms with van der Waals surface area (Å²) in [5, 5.41) is 8.60. The molecule has 0 aliphatic rings. The first-order valence-corrected chi connectivity index (χ1v) is 4.19. The molecule has 0 fully saturated rings. The zero-order valence-corrected chi connectivity index (χ0v) is 7.97. The second kappa shape index (κ2) is 3.91. The van der Waals surface area contributed by atoms with Gasteiger partial charge in [0, 0.05) is 0 Å². The molecule has 1 aromatic carbocycles. The summed E-state index contributed by atoms with van der Waals surface area (Å²) >= 11 is 0. The largest absolute Gasteiger partial charge is 0.407 e. The summed E-state index contributed by atoms with van der Waals surface area (Å²) in [4.78, 5) is 0. The van der Waals surface area contributed by atoms with Gasteiger partial charge in [-0.3, -0.25) is 0 Å². The monoisotopic (exact) mass is 214 g/mol. The summed E-state index contributed by atoms with van der Waals surface area (Å²) in [6.45, 7) is 1.57. The summed E-state index contributed by atoms with van der Waals surface area (Å²) in [6.07, 6.45) is -4.46. The Labute approximate surface area is 85.1 Å². The Kier molecular flexibility index (Phi) is 3.01. The van der Waals surface area contributed by atoms with Gasteiger partial charge in [-0.05, 0) is 24.1 Å². The first-order valence-electron chi connectivity index (χ1n) is 4.19. The average Bonchev–Trinajstić information content (AvgIpc) is 2.15. The minimum Gasteiger partial charge on any atom is -0.316 e. The lowest BCUT2D eigenvalue weighted by Crippen LogP contribution is -2.28. The molecule has 0 aliphatic heterocycles. The van der Waals surface area contributed by atoms with Crippen LogP contribution in [0.25, 0.3) is 0 Å². The molecule has 0 aromatic heterocycles. The van der Waals surface area contributed by atoms with E-state index in [1.165, 1.54) is 18.2 Å². The smallest absolute Gasteiger partial charge is 0.316 e. The number of rotatable bonds is 1. The third kappa shape index (κ3) is 2.48. The molecule has 0 saturated heterocycles. The Hall–Kier alpha value is -1.54. The van der Waals surface area contributed by atoms with Crippen molar-refractivity contribution in [3.05, 3.63) is 34.9 Å². The van der Waals surface area contributed by atoms with Crippen LogP contribution in [0.5, 0.6) is 0 Å². The number of hydrogen-bond acceptors (Lipinski definition) is 2. The first-order chi connectivity index (χ1) is 6.86. The summed E-state index contributed by atoms with van der Waals surface area (Å²) in [6, 6.07) is 3.74. The van der Waals surface area contributed by atoms with E-state index in [2.05, 4.69) is 0 Å². The number of hydrogen-bond donors (Lipinski definition) is 1. The Morgan fingerprint density at radius 3 is 2.40 bits per heavy atom. The molecular weight excluding hydrogens is 205 g/mol. The topological polar surface area (TPSA) is 49.8 Å². The van der Waals surface area contributed by atoms with Crippen molar-refractivity contribution in [1.82, 2.24) is 0 Å². The molecule has 1 aromatic rings. The fourth-order valence-corrected chi connectivity index (χ4v) is 1.19. The van der Waals surface area contributed by atoms with E-state index < -0.39 is 12.2 Å². The number of nitrogens with zero attached hydrogens (tertiary/aromatic N) is 1. The molecule has 0 aliphatic carbocycles. The zero-order chi connectivity index (χ0) is 11.6. The van der Waals surface area contributed by atoms with E-state index in [0.717, 1.165) is 0 Å². The van der Waals surface area contributed by atoms with Crippen molar-refractivity contribution >= 4 is 0 Å². The van der Waals surface area contributed by atoms with Crippen molar-refractivity contribution in [2.24, 2.45) is 5.73 Å². The molecule has 0 unspecified atom stereocenters. The summed E-state index contributed by atoms with van der Waals surface area (Å²) in [5.41, 5.74) is 5.85. The predicted molar refractivity (Wildman–Crippen MR) is 48.9 cm³/mol. The van der Waals surface area contributed by atoms with Gasteiger partial charge in [-0.25, -0.2) is 0 Å². The molecule has 2 nitrogen and oxygen atoms in total. The number of nitrogens with two attached hydrogens (primary N) is 1.